The highest BCUT2D eigenvalue weighted by Crippen LogP contribution is 2.49. The second-order valence-electron chi connectivity index (χ2n) is 6.07. The zero-order valence-corrected chi connectivity index (χ0v) is 15.4. The Morgan fingerprint density at radius 3 is 1.69 bits per heavy atom. The van der Waals surface area contributed by atoms with Crippen LogP contribution in [-0.2, 0) is 14.5 Å². The van der Waals surface area contributed by atoms with E-state index in [1.54, 1.807) is 0 Å². The van der Waals surface area contributed by atoms with Gasteiger partial charge in [-0.15, -0.1) is 12.6 Å². The topological polar surface area (TPSA) is 47.3 Å². The fourth-order valence-electron chi connectivity index (χ4n) is 2.16. The van der Waals surface area contributed by atoms with Crippen LogP contribution in [0, 0.1) is 0 Å². The van der Waals surface area contributed by atoms with Crippen molar-refractivity contribution < 1.29 is 56.1 Å². The predicted octanol–water partition coefficient (Wildman–Crippen LogP) is 4.85. The molecule has 0 aliphatic rings. The van der Waals surface area contributed by atoms with Gasteiger partial charge in [-0.3, -0.25) is 0 Å². The second kappa shape index (κ2) is 9.06. The first-order valence-corrected chi connectivity index (χ1v) is 9.51. The van der Waals surface area contributed by atoms with Crippen LogP contribution in [0.5, 0.6) is 0 Å². The molecule has 0 saturated heterocycles. The predicted molar refractivity (Wildman–Crippen MR) is 80.6 cm³/mol. The van der Waals surface area contributed by atoms with Crippen molar-refractivity contribution in [1.29, 1.82) is 0 Å². The highest BCUT2D eigenvalue weighted by Gasteiger charge is 2.74. The van der Waals surface area contributed by atoms with E-state index in [1.165, 1.54) is 6.07 Å². The molecule has 0 spiro atoms. The van der Waals surface area contributed by atoms with E-state index in [0.717, 1.165) is 12.1 Å². The molecule has 0 aromatic carbocycles. The first-order valence-electron chi connectivity index (χ1n) is 8.14. The largest absolute Gasteiger partial charge is 0.519 e. The molecule has 0 unspecified atom stereocenters. The van der Waals surface area contributed by atoms with E-state index in [2.05, 4.69) is 4.18 Å². The highest BCUT2D eigenvalue weighted by atomic mass is 32.2. The smallest absolute Gasteiger partial charge is 0.200 e. The molecule has 0 bridgehead atoms. The second-order valence-corrected chi connectivity index (χ2v) is 7.52. The molecule has 0 radical (unpaired) electrons. The average Bonchev–Trinajstić information content (AvgIpc) is 2.56. The first-order chi connectivity index (χ1) is 13.0. The van der Waals surface area contributed by atoms with Crippen molar-refractivity contribution >= 4 is 10.3 Å². The van der Waals surface area contributed by atoms with E-state index >= 15 is 0 Å². The van der Waals surface area contributed by atoms with Crippen LogP contribution in [0.3, 0.4) is 0 Å². The molecule has 14 heteroatoms. The number of hydrogen-bond donors (Lipinski definition) is 0. The molecule has 1 heterocycles. The number of rotatable bonds is 11. The molecule has 0 saturated carbocycles. The third kappa shape index (κ3) is 7.01. The van der Waals surface area contributed by atoms with Crippen LogP contribution in [0.4, 0.5) is 39.5 Å². The number of nitrogens with zero attached hydrogens (tertiary/aromatic N) is 1. The fraction of sp³-hybridized carbons (Fsp3) is 0.667. The number of aromatic nitrogens is 1. The van der Waals surface area contributed by atoms with Crippen molar-refractivity contribution in [1.82, 2.24) is 0 Å². The van der Waals surface area contributed by atoms with Crippen molar-refractivity contribution in [2.45, 2.75) is 62.7 Å². The summed E-state index contributed by atoms with van der Waals surface area (Å²) in [6, 6.07) is 3.33. The van der Waals surface area contributed by atoms with Gasteiger partial charge in [-0.25, -0.2) is 0 Å². The molecule has 0 N–H and O–H groups in total. The Kier molecular flexibility index (Phi) is 7.96. The monoisotopic (exact) mass is 462 g/mol. The summed E-state index contributed by atoms with van der Waals surface area (Å²) >= 11 is 0. The van der Waals surface area contributed by atoms with Gasteiger partial charge in [0.2, 0.25) is 0 Å². The minimum absolute atomic E-state index is 0.0181. The zero-order valence-electron chi connectivity index (χ0n) is 14.6. The molecule has 1 aromatic heterocycles. The third-order valence-corrected chi connectivity index (χ3v) is 4.86. The number of pyridine rings is 1. The SMILES string of the molecule is O=S(=O)(OC(F)(F)C(F)(F)C(F)(F)CCCCCCC(F)(F)F)[n+]1ccccc1. The summed E-state index contributed by atoms with van der Waals surface area (Å²) in [6.45, 7) is 0. The van der Waals surface area contributed by atoms with Crippen molar-refractivity contribution in [2.75, 3.05) is 0 Å². The minimum Gasteiger partial charge on any atom is -0.200 e. The quantitative estimate of drug-likeness (QED) is 0.268. The van der Waals surface area contributed by atoms with Crippen molar-refractivity contribution in [3.05, 3.63) is 30.6 Å². The van der Waals surface area contributed by atoms with E-state index in [4.69, 9.17) is 0 Å². The molecule has 168 valence electrons. The van der Waals surface area contributed by atoms with Gasteiger partial charge in [0.25, 0.3) is 0 Å². The van der Waals surface area contributed by atoms with Crippen LogP contribution in [-0.4, -0.2) is 32.5 Å². The Balaban J connectivity index is 2.75. The lowest BCUT2D eigenvalue weighted by molar-refractivity contribution is -0.528. The third-order valence-electron chi connectivity index (χ3n) is 3.68. The molecule has 0 atom stereocenters. The van der Waals surface area contributed by atoms with Gasteiger partial charge < -0.3 is 0 Å². The lowest BCUT2D eigenvalue weighted by Gasteiger charge is -2.30. The van der Waals surface area contributed by atoms with Crippen LogP contribution < -0.4 is 3.97 Å². The lowest BCUT2D eigenvalue weighted by atomic mass is 10.0. The number of unbranched alkanes of at least 4 members (excludes halogenated alkanes) is 3. The molecule has 1 rings (SSSR count). The van der Waals surface area contributed by atoms with Crippen LogP contribution in [0.2, 0.25) is 0 Å². The maximum atomic E-state index is 13.7. The van der Waals surface area contributed by atoms with Crippen LogP contribution >= 0.6 is 0 Å². The number of hydrogen-bond acceptors (Lipinski definition) is 3. The van der Waals surface area contributed by atoms with E-state index in [-0.39, 0.29) is 16.8 Å². The van der Waals surface area contributed by atoms with Gasteiger partial charge in [-0.2, -0.15) is 39.5 Å². The van der Waals surface area contributed by atoms with E-state index in [1.807, 2.05) is 0 Å². The number of halogens is 9. The Morgan fingerprint density at radius 2 is 1.21 bits per heavy atom. The van der Waals surface area contributed by atoms with Crippen LogP contribution in [0.25, 0.3) is 0 Å². The van der Waals surface area contributed by atoms with Gasteiger partial charge in [0.15, 0.2) is 12.4 Å². The molecule has 0 aliphatic heterocycles. The Morgan fingerprint density at radius 1 is 0.724 bits per heavy atom. The highest BCUT2D eigenvalue weighted by molar-refractivity contribution is 7.80. The molecule has 4 nitrogen and oxygen atoms in total. The summed E-state index contributed by atoms with van der Waals surface area (Å²) in [5.74, 6) is -11.6. The van der Waals surface area contributed by atoms with E-state index in [9.17, 15) is 47.9 Å². The van der Waals surface area contributed by atoms with E-state index in [0.29, 0.717) is 12.4 Å². The van der Waals surface area contributed by atoms with Crippen LogP contribution in [0.1, 0.15) is 38.5 Å². The van der Waals surface area contributed by atoms with Gasteiger partial charge in [-0.1, -0.05) is 22.9 Å². The van der Waals surface area contributed by atoms with Crippen LogP contribution in [0.15, 0.2) is 30.6 Å². The van der Waals surface area contributed by atoms with Gasteiger partial charge in [0, 0.05) is 25.0 Å². The summed E-state index contributed by atoms with van der Waals surface area (Å²) < 4.78 is 144. The maximum Gasteiger partial charge on any atom is 0.519 e. The molecule has 1 aromatic rings. The molecule has 0 amide bonds. The lowest BCUT2D eigenvalue weighted by Crippen LogP contribution is -2.58. The maximum absolute atomic E-state index is 13.7. The standard InChI is InChI=1S/C15H17F9NO3S/c16-12(17,8-4-1-2-5-9-13(18,19)20)14(21,22)15(23,24)28-29(26,27)25-10-6-3-7-11-25/h3,6-7,10-11H,1-2,4-5,8-9H2/q+1. The fourth-order valence-corrected chi connectivity index (χ4v) is 3.05. The summed E-state index contributed by atoms with van der Waals surface area (Å²) in [7, 11) is -5.56. The molecule has 0 aliphatic carbocycles. The summed E-state index contributed by atoms with van der Waals surface area (Å²) in [5, 5.41) is 0. The van der Waals surface area contributed by atoms with Gasteiger partial charge >= 0.3 is 34.4 Å². The number of alkyl halides is 9. The summed E-state index contributed by atoms with van der Waals surface area (Å²) in [4.78, 5) is 0. The Hall–Kier alpha value is -1.57. The molecule has 29 heavy (non-hydrogen) atoms. The van der Waals surface area contributed by atoms with Crippen molar-refractivity contribution in [3.63, 3.8) is 0 Å². The Labute approximate surface area is 160 Å². The van der Waals surface area contributed by atoms with E-state index < -0.39 is 60.1 Å². The molecule has 0 fully saturated rings. The zero-order chi connectivity index (χ0) is 22.6. The summed E-state index contributed by atoms with van der Waals surface area (Å²) in [5.41, 5.74) is 0. The molecular formula is C15H17F9NO3S+. The summed E-state index contributed by atoms with van der Waals surface area (Å²) in [6.07, 6.45) is -14.0. The van der Waals surface area contributed by atoms with Crippen molar-refractivity contribution in [3.8, 4) is 0 Å². The van der Waals surface area contributed by atoms with Crippen molar-refractivity contribution in [2.24, 2.45) is 0 Å². The van der Waals surface area contributed by atoms with Gasteiger partial charge in [0.1, 0.15) is 0 Å². The van der Waals surface area contributed by atoms with Gasteiger partial charge in [-0.05, 0) is 12.8 Å². The van der Waals surface area contributed by atoms with Gasteiger partial charge in [0.05, 0.1) is 0 Å². The average molecular weight is 462 g/mol. The Bertz CT molecular complexity index is 752. The normalized spacial score (nSPS) is 14.2. The first kappa shape index (κ1) is 25.5. The minimum atomic E-state index is -6.20. The molecular weight excluding hydrogens is 445 g/mol.